The van der Waals surface area contributed by atoms with E-state index in [2.05, 4.69) is 10.3 Å². The summed E-state index contributed by atoms with van der Waals surface area (Å²) in [5.41, 5.74) is 6.31. The van der Waals surface area contributed by atoms with Crippen molar-refractivity contribution in [2.24, 2.45) is 5.73 Å². The molecule has 0 bridgehead atoms. The third-order valence-electron chi connectivity index (χ3n) is 3.42. The van der Waals surface area contributed by atoms with Gasteiger partial charge in [0, 0.05) is 12.4 Å². The Balaban J connectivity index is 0.00000242. The Morgan fingerprint density at radius 3 is 2.68 bits per heavy atom. The van der Waals surface area contributed by atoms with E-state index in [1.165, 1.54) is 0 Å². The number of imidazole rings is 1. The van der Waals surface area contributed by atoms with Crippen molar-refractivity contribution in [3.63, 3.8) is 0 Å². The molecule has 0 fully saturated rings. The van der Waals surface area contributed by atoms with Gasteiger partial charge >= 0.3 is 0 Å². The van der Waals surface area contributed by atoms with Gasteiger partial charge in [-0.25, -0.2) is 4.98 Å². The molecule has 1 atom stereocenters. The highest BCUT2D eigenvalue weighted by Crippen LogP contribution is 2.14. The third kappa shape index (κ3) is 4.58. The van der Waals surface area contributed by atoms with Gasteiger partial charge in [0.05, 0.1) is 12.1 Å². The highest BCUT2D eigenvalue weighted by molar-refractivity contribution is 5.96. The van der Waals surface area contributed by atoms with Crippen LogP contribution in [0.1, 0.15) is 32.3 Å². The average molecular weight is 323 g/mol. The first-order valence-electron chi connectivity index (χ1n) is 7.18. The Bertz CT molecular complexity index is 595. The quantitative estimate of drug-likeness (QED) is 0.859. The van der Waals surface area contributed by atoms with E-state index in [1.807, 2.05) is 48.0 Å². The maximum absolute atomic E-state index is 12.2. The van der Waals surface area contributed by atoms with Gasteiger partial charge in [-0.05, 0) is 18.9 Å². The second kappa shape index (κ2) is 7.96. The first-order valence-corrected chi connectivity index (χ1v) is 7.18. The van der Waals surface area contributed by atoms with E-state index in [0.717, 1.165) is 12.0 Å². The number of hydrogen-bond donors (Lipinski definition) is 2. The maximum Gasteiger partial charge on any atom is 0.246 e. The molecule has 0 aliphatic carbocycles. The van der Waals surface area contributed by atoms with Crippen LogP contribution in [0.2, 0.25) is 0 Å². The monoisotopic (exact) mass is 322 g/mol. The van der Waals surface area contributed by atoms with Crippen molar-refractivity contribution >= 4 is 24.3 Å². The summed E-state index contributed by atoms with van der Waals surface area (Å²) in [6.45, 7) is 4.41. The van der Waals surface area contributed by atoms with Crippen molar-refractivity contribution in [1.82, 2.24) is 9.55 Å². The number of amides is 1. The summed E-state index contributed by atoms with van der Waals surface area (Å²) in [5.74, 6) is 0.321. The molecule has 0 aliphatic heterocycles. The summed E-state index contributed by atoms with van der Waals surface area (Å²) < 4.78 is 1.90. The van der Waals surface area contributed by atoms with Crippen LogP contribution in [0, 0.1) is 0 Å². The molecule has 0 saturated carbocycles. The summed E-state index contributed by atoms with van der Waals surface area (Å²) in [5, 5.41) is 2.82. The Kier molecular flexibility index (Phi) is 6.59. The van der Waals surface area contributed by atoms with Gasteiger partial charge in [-0.15, -0.1) is 12.4 Å². The topological polar surface area (TPSA) is 72.9 Å². The van der Waals surface area contributed by atoms with E-state index in [-0.39, 0.29) is 18.3 Å². The highest BCUT2D eigenvalue weighted by Gasteiger charge is 2.28. The van der Waals surface area contributed by atoms with Gasteiger partial charge in [0.2, 0.25) is 11.9 Å². The molecule has 1 heterocycles. The van der Waals surface area contributed by atoms with Gasteiger partial charge in [-0.3, -0.25) is 10.1 Å². The number of benzene rings is 1. The molecule has 1 unspecified atom stereocenters. The molecule has 22 heavy (non-hydrogen) atoms. The number of carbonyl (C=O) groups excluding carboxylic acids is 1. The minimum absolute atomic E-state index is 0. The van der Waals surface area contributed by atoms with Gasteiger partial charge in [0.1, 0.15) is 0 Å². The number of nitrogens with two attached hydrogens (primary N) is 1. The second-order valence-electron chi connectivity index (χ2n) is 5.49. The minimum Gasteiger partial charge on any atom is -0.318 e. The summed E-state index contributed by atoms with van der Waals surface area (Å²) in [4.78, 5) is 16.4. The number of halogens is 1. The number of carbonyl (C=O) groups is 1. The number of nitrogens with zero attached hydrogens (tertiary/aromatic N) is 2. The fourth-order valence-corrected chi connectivity index (χ4v) is 2.22. The van der Waals surface area contributed by atoms with Crippen LogP contribution in [0.25, 0.3) is 0 Å². The maximum atomic E-state index is 12.2. The van der Waals surface area contributed by atoms with Crippen LogP contribution in [0.15, 0.2) is 42.7 Å². The Hall–Kier alpha value is -1.85. The fraction of sp³-hybridized carbons (Fsp3) is 0.375. The molecule has 0 radical (unpaired) electrons. The van der Waals surface area contributed by atoms with E-state index in [9.17, 15) is 4.79 Å². The Morgan fingerprint density at radius 2 is 2.05 bits per heavy atom. The lowest BCUT2D eigenvalue weighted by molar-refractivity contribution is -0.120. The van der Waals surface area contributed by atoms with E-state index < -0.39 is 5.54 Å². The third-order valence-corrected chi connectivity index (χ3v) is 3.42. The lowest BCUT2D eigenvalue weighted by Gasteiger charge is -2.22. The number of anilines is 1. The van der Waals surface area contributed by atoms with Gasteiger partial charge in [0.15, 0.2) is 0 Å². The van der Waals surface area contributed by atoms with Crippen LogP contribution in [0.3, 0.4) is 0 Å². The summed E-state index contributed by atoms with van der Waals surface area (Å²) >= 11 is 0. The molecule has 0 aliphatic rings. The molecular formula is C16H23ClN4O. The number of hydrogen-bond acceptors (Lipinski definition) is 3. The predicted octanol–water partition coefficient (Wildman–Crippen LogP) is 2.81. The van der Waals surface area contributed by atoms with Crippen molar-refractivity contribution in [1.29, 1.82) is 0 Å². The first kappa shape index (κ1) is 18.2. The van der Waals surface area contributed by atoms with Crippen LogP contribution in [-0.4, -0.2) is 21.0 Å². The summed E-state index contributed by atoms with van der Waals surface area (Å²) in [6.07, 6.45) is 5.01. The number of aromatic nitrogens is 2. The SMILES string of the molecule is CCCC(C)(N)C(=O)Nc1nccn1Cc1ccccc1.Cl. The molecule has 2 aromatic rings. The zero-order chi connectivity index (χ0) is 15.3. The Morgan fingerprint density at radius 1 is 1.36 bits per heavy atom. The molecule has 0 spiro atoms. The van der Waals surface area contributed by atoms with Crippen molar-refractivity contribution in [3.05, 3.63) is 48.3 Å². The molecule has 1 amide bonds. The van der Waals surface area contributed by atoms with Gasteiger partial charge in [0.25, 0.3) is 0 Å². The minimum atomic E-state index is -0.877. The number of rotatable bonds is 6. The first-order chi connectivity index (χ1) is 10.0. The van der Waals surface area contributed by atoms with Crippen LogP contribution in [0.5, 0.6) is 0 Å². The van der Waals surface area contributed by atoms with Crippen molar-refractivity contribution in [3.8, 4) is 0 Å². The molecule has 6 heteroatoms. The molecular weight excluding hydrogens is 300 g/mol. The van der Waals surface area contributed by atoms with Crippen LogP contribution >= 0.6 is 12.4 Å². The molecule has 1 aromatic heterocycles. The van der Waals surface area contributed by atoms with Crippen molar-refractivity contribution < 1.29 is 4.79 Å². The van der Waals surface area contributed by atoms with Crippen LogP contribution < -0.4 is 11.1 Å². The molecule has 3 N–H and O–H groups in total. The fourth-order valence-electron chi connectivity index (χ4n) is 2.22. The number of nitrogens with one attached hydrogen (secondary N) is 1. The van der Waals surface area contributed by atoms with Crippen molar-refractivity contribution in [2.45, 2.75) is 38.8 Å². The van der Waals surface area contributed by atoms with E-state index in [0.29, 0.717) is 18.9 Å². The van der Waals surface area contributed by atoms with Crippen LogP contribution in [-0.2, 0) is 11.3 Å². The summed E-state index contributed by atoms with van der Waals surface area (Å²) in [7, 11) is 0. The molecule has 5 nitrogen and oxygen atoms in total. The lowest BCUT2D eigenvalue weighted by Crippen LogP contribution is -2.48. The van der Waals surface area contributed by atoms with E-state index in [4.69, 9.17) is 5.73 Å². The van der Waals surface area contributed by atoms with Crippen LogP contribution in [0.4, 0.5) is 5.95 Å². The highest BCUT2D eigenvalue weighted by atomic mass is 35.5. The zero-order valence-electron chi connectivity index (χ0n) is 13.0. The van der Waals surface area contributed by atoms with Crippen molar-refractivity contribution in [2.75, 3.05) is 5.32 Å². The smallest absolute Gasteiger partial charge is 0.246 e. The molecule has 120 valence electrons. The lowest BCUT2D eigenvalue weighted by atomic mass is 9.97. The standard InChI is InChI=1S/C16H22N4O.ClH/c1-3-9-16(2,17)14(21)19-15-18-10-11-20(15)12-13-7-5-4-6-8-13;/h4-8,10-11H,3,9,12,17H2,1-2H3,(H,18,19,21);1H. The summed E-state index contributed by atoms with van der Waals surface area (Å²) in [6, 6.07) is 10.0. The van der Waals surface area contributed by atoms with Gasteiger partial charge in [-0.1, -0.05) is 43.7 Å². The average Bonchev–Trinajstić information content (AvgIpc) is 2.87. The zero-order valence-corrected chi connectivity index (χ0v) is 13.8. The van der Waals surface area contributed by atoms with E-state index >= 15 is 0 Å². The van der Waals surface area contributed by atoms with Gasteiger partial charge in [-0.2, -0.15) is 0 Å². The molecule has 2 rings (SSSR count). The normalized spacial score (nSPS) is 13.0. The second-order valence-corrected chi connectivity index (χ2v) is 5.49. The Labute approximate surface area is 137 Å². The van der Waals surface area contributed by atoms with E-state index in [1.54, 1.807) is 13.1 Å². The molecule has 1 aromatic carbocycles. The largest absolute Gasteiger partial charge is 0.318 e. The predicted molar refractivity (Wildman–Crippen MR) is 91.1 cm³/mol. The van der Waals surface area contributed by atoms with Gasteiger partial charge < -0.3 is 10.3 Å². The molecule has 0 saturated heterocycles.